The van der Waals surface area contributed by atoms with Crippen LogP contribution in [-0.2, 0) is 0 Å². The van der Waals surface area contributed by atoms with Gasteiger partial charge in [0.05, 0.1) is 29.8 Å². The highest BCUT2D eigenvalue weighted by Gasteiger charge is 2.12. The van der Waals surface area contributed by atoms with Crippen molar-refractivity contribution in [3.05, 3.63) is 72.3 Å². The second kappa shape index (κ2) is 5.75. The number of hydrogen-bond acceptors (Lipinski definition) is 3. The zero-order chi connectivity index (χ0) is 14.7. The van der Waals surface area contributed by atoms with Gasteiger partial charge in [0.15, 0.2) is 0 Å². The number of hydrogen-bond donors (Lipinski definition) is 1. The Bertz CT molecular complexity index is 725. The zero-order valence-electron chi connectivity index (χ0n) is 11.6. The van der Waals surface area contributed by atoms with E-state index in [0.29, 0.717) is 5.56 Å². The third-order valence-electron chi connectivity index (χ3n) is 3.32. The van der Waals surface area contributed by atoms with E-state index in [1.807, 2.05) is 37.3 Å². The van der Waals surface area contributed by atoms with Gasteiger partial charge in [0.25, 0.3) is 0 Å². The molecule has 0 aliphatic carbocycles. The lowest BCUT2D eigenvalue weighted by Gasteiger charge is -2.18. The van der Waals surface area contributed by atoms with Crippen molar-refractivity contribution in [2.75, 3.05) is 5.32 Å². The number of para-hydroxylation sites is 2. The minimum absolute atomic E-state index is 0.157. The number of anilines is 1. The van der Waals surface area contributed by atoms with Crippen LogP contribution in [0.1, 0.15) is 18.5 Å². The third-order valence-corrected chi connectivity index (χ3v) is 3.32. The van der Waals surface area contributed by atoms with Gasteiger partial charge >= 0.3 is 0 Å². The maximum Gasteiger partial charge on any atom is 0.128 e. The fraction of sp³-hybridized carbons (Fsp3) is 0.125. The van der Waals surface area contributed by atoms with Crippen LogP contribution in [0.15, 0.2) is 60.9 Å². The number of nitrogens with one attached hydrogen (secondary N) is 1. The van der Waals surface area contributed by atoms with Gasteiger partial charge in [-0.15, -0.1) is 5.10 Å². The fourth-order valence-corrected chi connectivity index (χ4v) is 2.27. The van der Waals surface area contributed by atoms with E-state index in [-0.39, 0.29) is 11.9 Å². The summed E-state index contributed by atoms with van der Waals surface area (Å²) < 4.78 is 15.5. The minimum atomic E-state index is -0.212. The van der Waals surface area contributed by atoms with Gasteiger partial charge in [0, 0.05) is 5.56 Å². The first-order valence-electron chi connectivity index (χ1n) is 6.72. The molecule has 21 heavy (non-hydrogen) atoms. The lowest BCUT2D eigenvalue weighted by molar-refractivity contribution is 0.600. The maximum atomic E-state index is 13.8. The normalized spacial score (nSPS) is 12.1. The van der Waals surface area contributed by atoms with Crippen LogP contribution in [0.25, 0.3) is 5.69 Å². The second-order valence-corrected chi connectivity index (χ2v) is 4.75. The highest BCUT2D eigenvalue weighted by Crippen LogP contribution is 2.25. The molecule has 0 saturated carbocycles. The van der Waals surface area contributed by atoms with Crippen LogP contribution in [0.4, 0.5) is 10.1 Å². The molecule has 0 saturated heterocycles. The number of aromatic nitrogens is 3. The SMILES string of the molecule is CC(Nc1ccccc1-n1ccnn1)c1ccccc1F. The van der Waals surface area contributed by atoms with Crippen LogP contribution < -0.4 is 5.32 Å². The molecule has 3 aromatic rings. The molecule has 1 heterocycles. The smallest absolute Gasteiger partial charge is 0.128 e. The molecule has 2 aromatic carbocycles. The van der Waals surface area contributed by atoms with Gasteiger partial charge in [0.2, 0.25) is 0 Å². The maximum absolute atomic E-state index is 13.8. The molecule has 0 amide bonds. The average Bonchev–Trinajstić information content (AvgIpc) is 3.02. The molecule has 106 valence electrons. The first-order valence-corrected chi connectivity index (χ1v) is 6.72. The average molecular weight is 282 g/mol. The molecule has 1 aromatic heterocycles. The van der Waals surface area contributed by atoms with E-state index in [1.54, 1.807) is 29.2 Å². The number of benzene rings is 2. The van der Waals surface area contributed by atoms with Crippen LogP contribution in [0.2, 0.25) is 0 Å². The van der Waals surface area contributed by atoms with E-state index in [9.17, 15) is 4.39 Å². The van der Waals surface area contributed by atoms with Gasteiger partial charge in [-0.1, -0.05) is 35.5 Å². The molecule has 4 nitrogen and oxygen atoms in total. The van der Waals surface area contributed by atoms with Crippen molar-refractivity contribution in [2.24, 2.45) is 0 Å². The van der Waals surface area contributed by atoms with Crippen LogP contribution in [-0.4, -0.2) is 15.0 Å². The highest BCUT2D eigenvalue weighted by atomic mass is 19.1. The van der Waals surface area contributed by atoms with Crippen molar-refractivity contribution >= 4 is 5.69 Å². The minimum Gasteiger partial charge on any atom is -0.377 e. The third kappa shape index (κ3) is 2.76. The van der Waals surface area contributed by atoms with Gasteiger partial charge in [-0.25, -0.2) is 9.07 Å². The van der Waals surface area contributed by atoms with E-state index in [2.05, 4.69) is 15.6 Å². The number of rotatable bonds is 4. The molecule has 1 atom stereocenters. The number of halogens is 1. The van der Waals surface area contributed by atoms with Crippen LogP contribution >= 0.6 is 0 Å². The largest absolute Gasteiger partial charge is 0.377 e. The van der Waals surface area contributed by atoms with Gasteiger partial charge < -0.3 is 5.32 Å². The summed E-state index contributed by atoms with van der Waals surface area (Å²) in [4.78, 5) is 0. The van der Waals surface area contributed by atoms with Crippen LogP contribution in [0.5, 0.6) is 0 Å². The number of nitrogens with zero attached hydrogens (tertiary/aromatic N) is 3. The van der Waals surface area contributed by atoms with E-state index < -0.39 is 0 Å². The lowest BCUT2D eigenvalue weighted by atomic mass is 10.1. The predicted octanol–water partition coefficient (Wildman–Crippen LogP) is 3.58. The van der Waals surface area contributed by atoms with E-state index >= 15 is 0 Å². The predicted molar refractivity (Wildman–Crippen MR) is 79.8 cm³/mol. The first-order chi connectivity index (χ1) is 10.3. The summed E-state index contributed by atoms with van der Waals surface area (Å²) in [5.74, 6) is -0.212. The Morgan fingerprint density at radius 1 is 1.10 bits per heavy atom. The topological polar surface area (TPSA) is 42.7 Å². The van der Waals surface area contributed by atoms with Crippen molar-refractivity contribution in [1.29, 1.82) is 0 Å². The van der Waals surface area contributed by atoms with Gasteiger partial charge in [0.1, 0.15) is 5.82 Å². The molecule has 1 unspecified atom stereocenters. The van der Waals surface area contributed by atoms with Crippen LogP contribution in [0.3, 0.4) is 0 Å². The Kier molecular flexibility index (Phi) is 3.64. The molecular formula is C16H15FN4. The molecule has 3 rings (SSSR count). The zero-order valence-corrected chi connectivity index (χ0v) is 11.6. The standard InChI is InChI=1S/C16H15FN4/c1-12(13-6-2-3-7-14(13)17)19-15-8-4-5-9-16(15)21-11-10-18-20-21/h2-12,19H,1H3. The van der Waals surface area contributed by atoms with Crippen molar-refractivity contribution in [2.45, 2.75) is 13.0 Å². The summed E-state index contributed by atoms with van der Waals surface area (Å²) in [6, 6.07) is 14.3. The van der Waals surface area contributed by atoms with Crippen molar-refractivity contribution in [3.8, 4) is 5.69 Å². The molecule has 0 fully saturated rings. The summed E-state index contributed by atoms with van der Waals surface area (Å²) >= 11 is 0. The van der Waals surface area contributed by atoms with E-state index in [0.717, 1.165) is 11.4 Å². The summed E-state index contributed by atoms with van der Waals surface area (Å²) in [6.07, 6.45) is 3.39. The highest BCUT2D eigenvalue weighted by molar-refractivity contribution is 5.61. The summed E-state index contributed by atoms with van der Waals surface area (Å²) in [6.45, 7) is 1.93. The fourth-order valence-electron chi connectivity index (χ4n) is 2.27. The summed E-state index contributed by atoms with van der Waals surface area (Å²) in [5.41, 5.74) is 2.38. The van der Waals surface area contributed by atoms with Gasteiger partial charge in [-0.3, -0.25) is 0 Å². The Hall–Kier alpha value is -2.69. The summed E-state index contributed by atoms with van der Waals surface area (Å²) in [5, 5.41) is 11.1. The molecule has 0 aliphatic heterocycles. The van der Waals surface area contributed by atoms with Crippen molar-refractivity contribution in [1.82, 2.24) is 15.0 Å². The van der Waals surface area contributed by atoms with E-state index in [1.165, 1.54) is 6.07 Å². The van der Waals surface area contributed by atoms with Crippen molar-refractivity contribution < 1.29 is 4.39 Å². The monoisotopic (exact) mass is 282 g/mol. The van der Waals surface area contributed by atoms with Gasteiger partial charge in [-0.2, -0.15) is 0 Å². The molecule has 0 radical (unpaired) electrons. The molecule has 0 bridgehead atoms. The second-order valence-electron chi connectivity index (χ2n) is 4.75. The quantitative estimate of drug-likeness (QED) is 0.795. The van der Waals surface area contributed by atoms with Crippen molar-refractivity contribution in [3.63, 3.8) is 0 Å². The van der Waals surface area contributed by atoms with Crippen LogP contribution in [0, 0.1) is 5.82 Å². The van der Waals surface area contributed by atoms with E-state index in [4.69, 9.17) is 0 Å². The first kappa shape index (κ1) is 13.3. The molecule has 0 aliphatic rings. The Morgan fingerprint density at radius 3 is 2.62 bits per heavy atom. The Labute approximate surface area is 122 Å². The Balaban J connectivity index is 1.91. The lowest BCUT2D eigenvalue weighted by Crippen LogP contribution is -2.11. The molecular weight excluding hydrogens is 267 g/mol. The molecule has 1 N–H and O–H groups in total. The van der Waals surface area contributed by atoms with Gasteiger partial charge in [-0.05, 0) is 25.1 Å². The Morgan fingerprint density at radius 2 is 1.86 bits per heavy atom. The summed E-state index contributed by atoms with van der Waals surface area (Å²) in [7, 11) is 0. The molecule has 0 spiro atoms. The molecule has 5 heteroatoms.